The van der Waals surface area contributed by atoms with Gasteiger partial charge in [0.25, 0.3) is 0 Å². The van der Waals surface area contributed by atoms with Crippen LogP contribution in [0, 0.1) is 0 Å². The van der Waals surface area contributed by atoms with Gasteiger partial charge in [-0.25, -0.2) is 15.0 Å². The van der Waals surface area contributed by atoms with Crippen LogP contribution in [-0.4, -0.2) is 15.0 Å². The molecule has 0 bridgehead atoms. The zero-order chi connectivity index (χ0) is 38.9. The molecule has 0 aliphatic rings. The van der Waals surface area contributed by atoms with Gasteiger partial charge >= 0.3 is 0 Å². The standard InChI is InChI=1S/C55H33N3O/c1-3-14-38(15-4-1)53-56-54(39-16-5-2-6-17-39)58-55(57-53)45-20-11-21-50-51(45)49-33-42(40-28-26-36-24-22-34-12-7-9-18-43(34)46(36)30-40)32-48(52(49)59-50)41-29-27-37-25-23-35-13-8-10-19-44(35)47(37)31-41/h1-33H. The van der Waals surface area contributed by atoms with Crippen molar-refractivity contribution in [1.29, 1.82) is 0 Å². The zero-order valence-electron chi connectivity index (χ0n) is 31.8. The summed E-state index contributed by atoms with van der Waals surface area (Å²) in [5.74, 6) is 1.83. The third kappa shape index (κ3) is 5.57. The highest BCUT2D eigenvalue weighted by Crippen LogP contribution is 2.44. The minimum atomic E-state index is 0.590. The van der Waals surface area contributed by atoms with Gasteiger partial charge in [0.15, 0.2) is 17.5 Å². The Morgan fingerprint density at radius 2 is 0.780 bits per heavy atom. The van der Waals surface area contributed by atoms with Gasteiger partial charge in [0.2, 0.25) is 0 Å². The molecule has 0 spiro atoms. The van der Waals surface area contributed by atoms with Crippen LogP contribution in [0.4, 0.5) is 0 Å². The van der Waals surface area contributed by atoms with Crippen molar-refractivity contribution in [3.05, 3.63) is 200 Å². The molecule has 0 saturated heterocycles. The molecule has 0 aliphatic carbocycles. The SMILES string of the molecule is c1ccc(-c2nc(-c3ccccc3)nc(-c3cccc4oc5c(-c6ccc7ccc8ccccc8c7c6)cc(-c6ccc7ccc8ccccc8c7c6)cc5c34)n2)cc1. The normalized spacial score (nSPS) is 11.7. The second-order valence-corrected chi connectivity index (χ2v) is 15.2. The van der Waals surface area contributed by atoms with E-state index in [0.717, 1.165) is 60.9 Å². The van der Waals surface area contributed by atoms with Crippen molar-refractivity contribution in [2.75, 3.05) is 0 Å². The Kier molecular flexibility index (Phi) is 7.50. The van der Waals surface area contributed by atoms with Crippen molar-refractivity contribution in [1.82, 2.24) is 15.0 Å². The van der Waals surface area contributed by atoms with Crippen LogP contribution in [0.1, 0.15) is 0 Å². The van der Waals surface area contributed by atoms with Crippen molar-refractivity contribution in [2.24, 2.45) is 0 Å². The fraction of sp³-hybridized carbons (Fsp3) is 0. The number of benzene rings is 10. The Balaban J connectivity index is 1.15. The molecule has 0 radical (unpaired) electrons. The lowest BCUT2D eigenvalue weighted by Gasteiger charge is -2.12. The van der Waals surface area contributed by atoms with Crippen LogP contribution >= 0.6 is 0 Å². The fourth-order valence-electron chi connectivity index (χ4n) is 8.78. The van der Waals surface area contributed by atoms with Crippen LogP contribution < -0.4 is 0 Å². The van der Waals surface area contributed by atoms with Gasteiger partial charge < -0.3 is 4.42 Å². The number of hydrogen-bond donors (Lipinski definition) is 0. The van der Waals surface area contributed by atoms with Gasteiger partial charge in [-0.05, 0) is 90.1 Å². The van der Waals surface area contributed by atoms with Crippen LogP contribution in [0.2, 0.25) is 0 Å². The minimum Gasteiger partial charge on any atom is -0.455 e. The number of nitrogens with zero attached hydrogens (tertiary/aromatic N) is 3. The predicted molar refractivity (Wildman–Crippen MR) is 244 cm³/mol. The Morgan fingerprint density at radius 1 is 0.288 bits per heavy atom. The van der Waals surface area contributed by atoms with Crippen molar-refractivity contribution in [3.8, 4) is 56.4 Å². The molecule has 0 aliphatic heterocycles. The molecule has 4 nitrogen and oxygen atoms in total. The highest BCUT2D eigenvalue weighted by atomic mass is 16.3. The molecule has 0 fully saturated rings. The van der Waals surface area contributed by atoms with Crippen LogP contribution in [0.15, 0.2) is 205 Å². The number of rotatable bonds is 5. The Labute approximate surface area is 339 Å². The third-order valence-corrected chi connectivity index (χ3v) is 11.7. The smallest absolute Gasteiger partial charge is 0.164 e. The molecule has 274 valence electrons. The van der Waals surface area contributed by atoms with Crippen molar-refractivity contribution in [2.45, 2.75) is 0 Å². The summed E-state index contributed by atoms with van der Waals surface area (Å²) < 4.78 is 6.98. The predicted octanol–water partition coefficient (Wildman–Crippen LogP) is 14.7. The fourth-order valence-corrected chi connectivity index (χ4v) is 8.78. The molecule has 0 atom stereocenters. The van der Waals surface area contributed by atoms with Crippen molar-refractivity contribution < 1.29 is 4.42 Å². The van der Waals surface area contributed by atoms with Crippen LogP contribution in [0.5, 0.6) is 0 Å². The van der Waals surface area contributed by atoms with E-state index < -0.39 is 0 Å². The van der Waals surface area contributed by atoms with Crippen molar-refractivity contribution in [3.63, 3.8) is 0 Å². The maximum absolute atomic E-state index is 6.98. The van der Waals surface area contributed by atoms with E-state index in [-0.39, 0.29) is 0 Å². The Hall–Kier alpha value is -7.95. The second kappa shape index (κ2) is 13.3. The molecule has 0 N–H and O–H groups in total. The van der Waals surface area contributed by atoms with Gasteiger partial charge in [-0.15, -0.1) is 0 Å². The largest absolute Gasteiger partial charge is 0.455 e. The molecule has 2 aromatic heterocycles. The van der Waals surface area contributed by atoms with E-state index in [2.05, 4.69) is 133 Å². The van der Waals surface area contributed by atoms with E-state index in [0.29, 0.717) is 17.5 Å². The maximum atomic E-state index is 6.98. The van der Waals surface area contributed by atoms with Gasteiger partial charge in [0, 0.05) is 33.0 Å². The summed E-state index contributed by atoms with van der Waals surface area (Å²) in [4.78, 5) is 15.3. The van der Waals surface area contributed by atoms with E-state index in [1.807, 2.05) is 66.7 Å². The molecule has 4 heteroatoms. The van der Waals surface area contributed by atoms with E-state index in [4.69, 9.17) is 19.4 Å². The molecule has 12 rings (SSSR count). The first kappa shape index (κ1) is 33.2. The van der Waals surface area contributed by atoms with E-state index in [1.165, 1.54) is 43.1 Å². The quantitative estimate of drug-likeness (QED) is 0.164. The first-order chi connectivity index (χ1) is 29.2. The zero-order valence-corrected chi connectivity index (χ0v) is 31.8. The lowest BCUT2D eigenvalue weighted by molar-refractivity contribution is 0.670. The van der Waals surface area contributed by atoms with Gasteiger partial charge in [0.1, 0.15) is 11.2 Å². The summed E-state index contributed by atoms with van der Waals surface area (Å²) in [6.07, 6.45) is 0. The Bertz CT molecular complexity index is 3550. The van der Waals surface area contributed by atoms with Gasteiger partial charge in [0.05, 0.1) is 0 Å². The first-order valence-corrected chi connectivity index (χ1v) is 19.9. The average Bonchev–Trinajstić information content (AvgIpc) is 3.70. The third-order valence-electron chi connectivity index (χ3n) is 11.7. The monoisotopic (exact) mass is 751 g/mol. The lowest BCUT2D eigenvalue weighted by Crippen LogP contribution is -2.00. The maximum Gasteiger partial charge on any atom is 0.164 e. The number of fused-ring (bicyclic) bond motifs is 9. The molecule has 0 amide bonds. The summed E-state index contributed by atoms with van der Waals surface area (Å²) >= 11 is 0. The number of hydrogen-bond acceptors (Lipinski definition) is 4. The minimum absolute atomic E-state index is 0.590. The molecular formula is C55H33N3O. The van der Waals surface area contributed by atoms with Crippen LogP contribution in [-0.2, 0) is 0 Å². The number of furan rings is 1. The molecule has 12 aromatic rings. The molecule has 2 heterocycles. The highest BCUT2D eigenvalue weighted by Gasteiger charge is 2.21. The van der Waals surface area contributed by atoms with E-state index in [9.17, 15) is 0 Å². The van der Waals surface area contributed by atoms with Gasteiger partial charge in [-0.1, -0.05) is 170 Å². The summed E-state index contributed by atoms with van der Waals surface area (Å²) in [7, 11) is 0. The summed E-state index contributed by atoms with van der Waals surface area (Å²) in [6, 6.07) is 70.7. The Morgan fingerprint density at radius 3 is 1.41 bits per heavy atom. The molecule has 0 saturated carbocycles. The molecule has 59 heavy (non-hydrogen) atoms. The summed E-state index contributed by atoms with van der Waals surface area (Å²) in [6.45, 7) is 0. The van der Waals surface area contributed by atoms with Crippen molar-refractivity contribution >= 4 is 65.0 Å². The number of aromatic nitrogens is 3. The van der Waals surface area contributed by atoms with Crippen LogP contribution in [0.3, 0.4) is 0 Å². The molecule has 10 aromatic carbocycles. The summed E-state index contributed by atoms with van der Waals surface area (Å²) in [5.41, 5.74) is 8.68. The molecular weight excluding hydrogens is 719 g/mol. The summed E-state index contributed by atoms with van der Waals surface area (Å²) in [5, 5.41) is 11.7. The lowest BCUT2D eigenvalue weighted by atomic mass is 9.91. The van der Waals surface area contributed by atoms with Gasteiger partial charge in [-0.3, -0.25) is 0 Å². The topological polar surface area (TPSA) is 51.8 Å². The second-order valence-electron chi connectivity index (χ2n) is 15.2. The average molecular weight is 752 g/mol. The van der Waals surface area contributed by atoms with E-state index in [1.54, 1.807) is 0 Å². The van der Waals surface area contributed by atoms with Crippen LogP contribution in [0.25, 0.3) is 121 Å². The first-order valence-electron chi connectivity index (χ1n) is 19.9. The highest BCUT2D eigenvalue weighted by molar-refractivity contribution is 6.18. The van der Waals surface area contributed by atoms with E-state index >= 15 is 0 Å². The molecule has 0 unspecified atom stereocenters. The van der Waals surface area contributed by atoms with Gasteiger partial charge in [-0.2, -0.15) is 0 Å².